The minimum atomic E-state index is -0.672. The summed E-state index contributed by atoms with van der Waals surface area (Å²) >= 11 is 5.87. The zero-order valence-corrected chi connectivity index (χ0v) is 20.5. The van der Waals surface area contributed by atoms with E-state index in [-0.39, 0.29) is 47.1 Å². The summed E-state index contributed by atoms with van der Waals surface area (Å²) in [5.41, 5.74) is 0.138. The molecule has 2 heterocycles. The molecule has 0 saturated carbocycles. The number of fused-ring (bicyclic) bond motifs is 1. The van der Waals surface area contributed by atoms with Crippen molar-refractivity contribution in [3.63, 3.8) is 0 Å². The van der Waals surface area contributed by atoms with Gasteiger partial charge in [0, 0.05) is 33.3 Å². The summed E-state index contributed by atoms with van der Waals surface area (Å²) in [5.74, 6) is -1.58. The third-order valence-corrected chi connectivity index (χ3v) is 6.37. The van der Waals surface area contributed by atoms with E-state index < -0.39 is 23.2 Å². The van der Waals surface area contributed by atoms with Gasteiger partial charge >= 0.3 is 0 Å². The van der Waals surface area contributed by atoms with Gasteiger partial charge in [-0.1, -0.05) is 31.5 Å². The van der Waals surface area contributed by atoms with Gasteiger partial charge in [0.05, 0.1) is 17.7 Å². The molecule has 3 rings (SSSR count). The highest BCUT2D eigenvalue weighted by molar-refractivity contribution is 6.30. The molecule has 1 aliphatic rings. The summed E-state index contributed by atoms with van der Waals surface area (Å²) in [4.78, 5) is 44.9. The molecule has 0 spiro atoms. The van der Waals surface area contributed by atoms with Crippen molar-refractivity contribution in [1.29, 1.82) is 0 Å². The monoisotopic (exact) mass is 493 g/mol. The van der Waals surface area contributed by atoms with Crippen LogP contribution >= 0.6 is 11.6 Å². The molecule has 0 unspecified atom stereocenters. The number of nitrogens with zero attached hydrogens (tertiary/aromatic N) is 2. The van der Waals surface area contributed by atoms with Crippen molar-refractivity contribution in [2.24, 2.45) is 5.41 Å². The quantitative estimate of drug-likeness (QED) is 0.588. The van der Waals surface area contributed by atoms with Crippen LogP contribution in [0.25, 0.3) is 0 Å². The van der Waals surface area contributed by atoms with Gasteiger partial charge in [-0.3, -0.25) is 14.4 Å². The highest BCUT2D eigenvalue weighted by Crippen LogP contribution is 2.29. The number of aromatic nitrogens is 1. The molecule has 0 aliphatic carbocycles. The Labute approximate surface area is 202 Å². The molecule has 0 radical (unpaired) electrons. The number of aliphatic hydroxyl groups excluding tert-OH is 1. The largest absolute Gasteiger partial charge is 0.491 e. The average Bonchev–Trinajstić information content (AvgIpc) is 2.81. The number of amides is 2. The lowest BCUT2D eigenvalue weighted by Crippen LogP contribution is -2.41. The molecule has 0 fully saturated rings. The number of methoxy groups -OCH3 is 1. The molecule has 10 heteroatoms. The molecule has 1 aromatic carbocycles. The van der Waals surface area contributed by atoms with Crippen LogP contribution in [0.5, 0.6) is 5.75 Å². The fourth-order valence-corrected chi connectivity index (χ4v) is 4.04. The van der Waals surface area contributed by atoms with Crippen molar-refractivity contribution in [3.8, 4) is 5.75 Å². The van der Waals surface area contributed by atoms with Crippen LogP contribution < -0.4 is 10.3 Å². The number of aliphatic hydroxyl groups is 1. The Bertz CT molecular complexity index is 1160. The summed E-state index contributed by atoms with van der Waals surface area (Å²) < 4.78 is 18.7. The Kier molecular flexibility index (Phi) is 7.67. The second kappa shape index (κ2) is 10.1. The normalized spacial score (nSPS) is 13.6. The van der Waals surface area contributed by atoms with Crippen molar-refractivity contribution < 1.29 is 23.8 Å². The number of benzene rings is 1. The third-order valence-electron chi connectivity index (χ3n) is 6.08. The molecule has 184 valence electrons. The molecule has 2 N–H and O–H groups in total. The van der Waals surface area contributed by atoms with Gasteiger partial charge in [0.1, 0.15) is 11.5 Å². The number of H-pyrrole nitrogens is 1. The fourth-order valence-electron chi connectivity index (χ4n) is 3.83. The van der Waals surface area contributed by atoms with E-state index in [1.807, 2.05) is 13.8 Å². The van der Waals surface area contributed by atoms with Crippen molar-refractivity contribution in [2.75, 3.05) is 33.9 Å². The van der Waals surface area contributed by atoms with Crippen LogP contribution in [0.1, 0.15) is 52.2 Å². The number of halogens is 2. The first-order chi connectivity index (χ1) is 16.0. The van der Waals surface area contributed by atoms with Gasteiger partial charge in [0.2, 0.25) is 0 Å². The molecular formula is C24H29ClFN3O5. The number of ether oxygens (including phenoxy) is 1. The number of aromatic amines is 1. The lowest BCUT2D eigenvalue weighted by atomic mass is 9.90. The van der Waals surface area contributed by atoms with Crippen LogP contribution in [-0.2, 0) is 13.0 Å². The van der Waals surface area contributed by atoms with E-state index in [1.165, 1.54) is 35.1 Å². The van der Waals surface area contributed by atoms with Gasteiger partial charge in [-0.15, -0.1) is 0 Å². The van der Waals surface area contributed by atoms with E-state index >= 15 is 0 Å². The van der Waals surface area contributed by atoms with Crippen molar-refractivity contribution in [1.82, 2.24) is 14.8 Å². The predicted octanol–water partition coefficient (Wildman–Crippen LogP) is 2.86. The van der Waals surface area contributed by atoms with Gasteiger partial charge in [-0.2, -0.15) is 0 Å². The van der Waals surface area contributed by atoms with E-state index in [1.54, 1.807) is 7.05 Å². The van der Waals surface area contributed by atoms with E-state index in [2.05, 4.69) is 4.98 Å². The number of hydrogen-bond acceptors (Lipinski definition) is 5. The van der Waals surface area contributed by atoms with E-state index in [0.717, 1.165) is 0 Å². The van der Waals surface area contributed by atoms with Crippen LogP contribution in [0, 0.1) is 11.2 Å². The first-order valence-electron chi connectivity index (χ1n) is 10.9. The van der Waals surface area contributed by atoms with E-state index in [4.69, 9.17) is 16.3 Å². The zero-order valence-electron chi connectivity index (χ0n) is 19.7. The molecule has 1 aromatic heterocycles. The predicted molar refractivity (Wildman–Crippen MR) is 126 cm³/mol. The fraction of sp³-hybridized carbons (Fsp3) is 0.458. The van der Waals surface area contributed by atoms with Gasteiger partial charge in [-0.25, -0.2) is 4.39 Å². The Morgan fingerprint density at radius 1 is 1.35 bits per heavy atom. The number of nitrogens with one attached hydrogen (secondary N) is 1. The van der Waals surface area contributed by atoms with Gasteiger partial charge in [-0.05, 0) is 41.5 Å². The summed E-state index contributed by atoms with van der Waals surface area (Å²) in [6, 6.07) is 4.22. The van der Waals surface area contributed by atoms with Crippen LogP contribution in [0.3, 0.4) is 0 Å². The molecule has 8 nitrogen and oxygen atoms in total. The smallest absolute Gasteiger partial charge is 0.291 e. The number of hydrogen-bond donors (Lipinski definition) is 2. The zero-order chi connectivity index (χ0) is 25.2. The maximum Gasteiger partial charge on any atom is 0.291 e. The standard InChI is InChI=1S/C24H29ClFN3O5/c1-24(2,13-30)8-10-28(3)23(33)19-15-7-9-29(12-14-5-6-17(26)16(25)11-14)22(32)18(15)20(34-4)21(31)27-19/h5-6,11,30H,7-10,12-13H2,1-4H3,(H,27,31). The first-order valence-corrected chi connectivity index (χ1v) is 11.3. The minimum absolute atomic E-state index is 0.0204. The molecule has 0 atom stereocenters. The lowest BCUT2D eigenvalue weighted by molar-refractivity contribution is 0.0715. The second-order valence-corrected chi connectivity index (χ2v) is 9.65. The Morgan fingerprint density at radius 3 is 2.68 bits per heavy atom. The highest BCUT2D eigenvalue weighted by Gasteiger charge is 2.34. The Morgan fingerprint density at radius 2 is 2.06 bits per heavy atom. The minimum Gasteiger partial charge on any atom is -0.491 e. The SMILES string of the molecule is COc1c2c(c(C(=O)N(C)CCC(C)(C)CO)[nH]c1=O)CCN(Cc1ccc(F)c(Cl)c1)C2=O. The average molecular weight is 494 g/mol. The molecule has 0 saturated heterocycles. The number of carbonyl (C=O) groups excluding carboxylic acids is 2. The maximum atomic E-state index is 13.5. The van der Waals surface area contributed by atoms with Gasteiger partial charge < -0.3 is 24.6 Å². The van der Waals surface area contributed by atoms with Crippen LogP contribution in [0.4, 0.5) is 4.39 Å². The number of carbonyl (C=O) groups is 2. The lowest BCUT2D eigenvalue weighted by Gasteiger charge is -2.31. The Hall–Kier alpha value is -2.91. The summed E-state index contributed by atoms with van der Waals surface area (Å²) in [6.45, 7) is 4.58. The number of rotatable bonds is 8. The summed E-state index contributed by atoms with van der Waals surface area (Å²) in [5, 5.41) is 9.43. The molecule has 34 heavy (non-hydrogen) atoms. The molecule has 2 aromatic rings. The highest BCUT2D eigenvalue weighted by atomic mass is 35.5. The van der Waals surface area contributed by atoms with Crippen molar-refractivity contribution in [3.05, 3.63) is 61.8 Å². The van der Waals surface area contributed by atoms with Gasteiger partial charge in [0.25, 0.3) is 17.4 Å². The summed E-state index contributed by atoms with van der Waals surface area (Å²) in [6.07, 6.45) is 0.876. The second-order valence-electron chi connectivity index (χ2n) is 9.24. The molecular weight excluding hydrogens is 465 g/mol. The number of pyridine rings is 1. The topological polar surface area (TPSA) is 103 Å². The van der Waals surface area contributed by atoms with Crippen molar-refractivity contribution >= 4 is 23.4 Å². The molecule has 1 aliphatic heterocycles. The van der Waals surface area contributed by atoms with Crippen molar-refractivity contribution in [2.45, 2.75) is 33.2 Å². The Balaban J connectivity index is 1.93. The van der Waals surface area contributed by atoms with Crippen LogP contribution in [0.2, 0.25) is 5.02 Å². The van der Waals surface area contributed by atoms with E-state index in [0.29, 0.717) is 30.5 Å². The van der Waals surface area contributed by atoms with Crippen LogP contribution in [-0.4, -0.2) is 65.6 Å². The molecule has 0 bridgehead atoms. The molecule has 2 amide bonds. The summed E-state index contributed by atoms with van der Waals surface area (Å²) in [7, 11) is 2.90. The van der Waals surface area contributed by atoms with Crippen LogP contribution in [0.15, 0.2) is 23.0 Å². The van der Waals surface area contributed by atoms with E-state index in [9.17, 15) is 23.9 Å². The first kappa shape index (κ1) is 25.7. The van der Waals surface area contributed by atoms with Gasteiger partial charge in [0.15, 0.2) is 5.75 Å². The third kappa shape index (κ3) is 5.26. The maximum absolute atomic E-state index is 13.5.